The number of hydrogen-bond donors (Lipinski definition) is 1. The van der Waals surface area contributed by atoms with Gasteiger partial charge in [0.05, 0.1) is 27.7 Å². The SMILES string of the molecule is CCn1c(SCC(=O)Nc2ccccc2Cl)nc2c(c1=O)C1(CCCC1)Cc1ccccc1-2. The zero-order chi connectivity index (χ0) is 23.0. The Hall–Kier alpha value is -2.57. The van der Waals surface area contributed by atoms with E-state index in [0.717, 1.165) is 48.9 Å². The molecule has 5 rings (SSSR count). The number of aromatic nitrogens is 2. The molecule has 2 aliphatic rings. The van der Waals surface area contributed by atoms with Crippen molar-refractivity contribution in [1.82, 2.24) is 9.55 Å². The van der Waals surface area contributed by atoms with Gasteiger partial charge in [0, 0.05) is 17.5 Å². The molecule has 1 aromatic heterocycles. The van der Waals surface area contributed by atoms with Crippen LogP contribution in [0.25, 0.3) is 11.3 Å². The second-order valence-corrected chi connectivity index (χ2v) is 10.2. The van der Waals surface area contributed by atoms with E-state index in [2.05, 4.69) is 23.5 Å². The molecular weight excluding hydrogens is 454 g/mol. The number of carbonyl (C=O) groups excluding carboxylic acids is 1. The minimum atomic E-state index is -0.185. The summed E-state index contributed by atoms with van der Waals surface area (Å²) in [6, 6.07) is 15.4. The summed E-state index contributed by atoms with van der Waals surface area (Å²) in [5.74, 6) is -0.0427. The van der Waals surface area contributed by atoms with Gasteiger partial charge in [-0.1, -0.05) is 72.6 Å². The highest BCUT2D eigenvalue weighted by molar-refractivity contribution is 7.99. The van der Waals surface area contributed by atoms with Gasteiger partial charge in [0.25, 0.3) is 5.56 Å². The van der Waals surface area contributed by atoms with E-state index in [1.165, 1.54) is 17.3 Å². The molecule has 1 saturated carbocycles. The highest BCUT2D eigenvalue weighted by Gasteiger charge is 2.44. The van der Waals surface area contributed by atoms with Crippen LogP contribution in [0.5, 0.6) is 0 Å². The lowest BCUT2D eigenvalue weighted by molar-refractivity contribution is -0.113. The fraction of sp³-hybridized carbons (Fsp3) is 0.346. The Bertz CT molecular complexity index is 1280. The van der Waals surface area contributed by atoms with Crippen molar-refractivity contribution < 1.29 is 4.79 Å². The Morgan fingerprint density at radius 2 is 1.88 bits per heavy atom. The van der Waals surface area contributed by atoms with Crippen molar-refractivity contribution in [3.8, 4) is 11.3 Å². The first-order valence-electron chi connectivity index (χ1n) is 11.4. The van der Waals surface area contributed by atoms with E-state index < -0.39 is 0 Å². The molecule has 0 unspecified atom stereocenters. The quantitative estimate of drug-likeness (QED) is 0.377. The Balaban J connectivity index is 1.51. The van der Waals surface area contributed by atoms with E-state index in [1.807, 2.05) is 25.1 Å². The average Bonchev–Trinajstić information content (AvgIpc) is 3.27. The van der Waals surface area contributed by atoms with Gasteiger partial charge in [-0.15, -0.1) is 0 Å². The number of halogens is 1. The number of hydrogen-bond acceptors (Lipinski definition) is 4. The highest BCUT2D eigenvalue weighted by Crippen LogP contribution is 2.49. The van der Waals surface area contributed by atoms with Gasteiger partial charge in [0.2, 0.25) is 5.91 Å². The maximum Gasteiger partial charge on any atom is 0.258 e. The molecule has 3 aromatic rings. The molecular formula is C26H26ClN3O2S. The summed E-state index contributed by atoms with van der Waals surface area (Å²) in [5, 5.41) is 3.92. The summed E-state index contributed by atoms with van der Waals surface area (Å²) >= 11 is 7.46. The monoisotopic (exact) mass is 479 g/mol. The van der Waals surface area contributed by atoms with Crippen LogP contribution in [-0.4, -0.2) is 21.2 Å². The molecule has 0 atom stereocenters. The van der Waals surface area contributed by atoms with Crippen LogP contribution in [0.2, 0.25) is 5.02 Å². The standard InChI is InChI=1S/C26H26ClN3O2S/c1-2-30-24(32)22-23(18-10-4-3-9-17(18)15-26(22)13-7-8-14-26)29-25(30)33-16-21(31)28-20-12-6-5-11-19(20)27/h3-6,9-12H,2,7-8,13-16H2,1H3,(H,28,31). The van der Waals surface area contributed by atoms with Crippen LogP contribution in [-0.2, 0) is 23.2 Å². The van der Waals surface area contributed by atoms with Gasteiger partial charge in [-0.2, -0.15) is 0 Å². The molecule has 0 aliphatic heterocycles. The molecule has 33 heavy (non-hydrogen) atoms. The first kappa shape index (κ1) is 22.2. The van der Waals surface area contributed by atoms with Crippen molar-refractivity contribution in [2.75, 3.05) is 11.1 Å². The topological polar surface area (TPSA) is 64.0 Å². The van der Waals surface area contributed by atoms with Crippen molar-refractivity contribution >= 4 is 35.0 Å². The molecule has 1 N–H and O–H groups in total. The van der Waals surface area contributed by atoms with Crippen LogP contribution >= 0.6 is 23.4 Å². The predicted molar refractivity (Wildman–Crippen MR) is 134 cm³/mol. The number of thioether (sulfide) groups is 1. The van der Waals surface area contributed by atoms with Crippen LogP contribution in [0, 0.1) is 0 Å². The maximum atomic E-state index is 13.8. The van der Waals surface area contributed by atoms with Crippen LogP contribution in [0.1, 0.15) is 43.7 Å². The molecule has 0 bridgehead atoms. The summed E-state index contributed by atoms with van der Waals surface area (Å²) in [6.07, 6.45) is 5.25. The third-order valence-corrected chi connectivity index (χ3v) is 8.13. The zero-order valence-electron chi connectivity index (χ0n) is 18.6. The number of rotatable bonds is 5. The maximum absolute atomic E-state index is 13.8. The summed E-state index contributed by atoms with van der Waals surface area (Å²) in [5.41, 5.74) is 4.51. The van der Waals surface area contributed by atoms with E-state index >= 15 is 0 Å². The lowest BCUT2D eigenvalue weighted by atomic mass is 9.68. The number of fused-ring (bicyclic) bond motifs is 4. The molecule has 2 aliphatic carbocycles. The number of amides is 1. The van der Waals surface area contributed by atoms with Crippen molar-refractivity contribution in [3.63, 3.8) is 0 Å². The first-order chi connectivity index (χ1) is 16.0. The van der Waals surface area contributed by atoms with Gasteiger partial charge in [0.15, 0.2) is 5.16 Å². The number of nitrogens with one attached hydrogen (secondary N) is 1. The van der Waals surface area contributed by atoms with Crippen LogP contribution < -0.4 is 10.9 Å². The molecule has 0 radical (unpaired) electrons. The molecule has 0 saturated heterocycles. The van der Waals surface area contributed by atoms with Crippen molar-refractivity contribution in [1.29, 1.82) is 0 Å². The fourth-order valence-corrected chi connectivity index (χ4v) is 6.35. The third kappa shape index (κ3) is 4.00. The average molecular weight is 480 g/mol. The third-order valence-electron chi connectivity index (χ3n) is 6.82. The number of carbonyl (C=O) groups is 1. The largest absolute Gasteiger partial charge is 0.324 e. The number of para-hydroxylation sites is 1. The van der Waals surface area contributed by atoms with Gasteiger partial charge in [-0.25, -0.2) is 4.98 Å². The molecule has 1 heterocycles. The Kier molecular flexibility index (Phi) is 6.06. The van der Waals surface area contributed by atoms with Gasteiger partial charge in [-0.05, 0) is 43.9 Å². The molecule has 170 valence electrons. The van der Waals surface area contributed by atoms with E-state index in [-0.39, 0.29) is 22.6 Å². The minimum absolute atomic E-state index is 0.0490. The van der Waals surface area contributed by atoms with Gasteiger partial charge < -0.3 is 5.32 Å². The van der Waals surface area contributed by atoms with E-state index in [1.54, 1.807) is 16.7 Å². The number of benzene rings is 2. The second kappa shape index (κ2) is 8.99. The van der Waals surface area contributed by atoms with Crippen LogP contribution in [0.15, 0.2) is 58.5 Å². The summed E-state index contributed by atoms with van der Waals surface area (Å²) < 4.78 is 1.74. The Morgan fingerprint density at radius 3 is 2.64 bits per heavy atom. The molecule has 2 aromatic carbocycles. The molecule has 1 spiro atoms. The summed E-state index contributed by atoms with van der Waals surface area (Å²) in [7, 11) is 0. The van der Waals surface area contributed by atoms with E-state index in [9.17, 15) is 9.59 Å². The van der Waals surface area contributed by atoms with Gasteiger partial charge in [0.1, 0.15) is 0 Å². The smallest absolute Gasteiger partial charge is 0.258 e. The Morgan fingerprint density at radius 1 is 1.15 bits per heavy atom. The normalized spacial score (nSPS) is 15.8. The lowest BCUT2D eigenvalue weighted by Gasteiger charge is -2.36. The zero-order valence-corrected chi connectivity index (χ0v) is 20.1. The second-order valence-electron chi connectivity index (χ2n) is 8.81. The lowest BCUT2D eigenvalue weighted by Crippen LogP contribution is -2.40. The molecule has 1 amide bonds. The fourth-order valence-electron chi connectivity index (χ4n) is 5.31. The van der Waals surface area contributed by atoms with Crippen LogP contribution in [0.4, 0.5) is 5.69 Å². The van der Waals surface area contributed by atoms with Crippen molar-refractivity contribution in [2.24, 2.45) is 0 Å². The minimum Gasteiger partial charge on any atom is -0.324 e. The Labute approximate surface area is 202 Å². The first-order valence-corrected chi connectivity index (χ1v) is 12.8. The van der Waals surface area contributed by atoms with E-state index in [0.29, 0.717) is 22.4 Å². The molecule has 7 heteroatoms. The number of nitrogens with zero attached hydrogens (tertiary/aromatic N) is 2. The summed E-state index contributed by atoms with van der Waals surface area (Å²) in [4.78, 5) is 31.4. The molecule has 1 fully saturated rings. The molecule has 5 nitrogen and oxygen atoms in total. The summed E-state index contributed by atoms with van der Waals surface area (Å²) in [6.45, 7) is 2.48. The predicted octanol–water partition coefficient (Wildman–Crippen LogP) is 5.68. The number of anilines is 1. The van der Waals surface area contributed by atoms with Crippen molar-refractivity contribution in [2.45, 2.75) is 56.1 Å². The van der Waals surface area contributed by atoms with Gasteiger partial charge in [-0.3, -0.25) is 14.2 Å². The van der Waals surface area contributed by atoms with Gasteiger partial charge >= 0.3 is 0 Å². The van der Waals surface area contributed by atoms with Crippen LogP contribution in [0.3, 0.4) is 0 Å². The van der Waals surface area contributed by atoms with Crippen molar-refractivity contribution in [3.05, 3.63) is 75.0 Å². The highest BCUT2D eigenvalue weighted by atomic mass is 35.5. The van der Waals surface area contributed by atoms with E-state index in [4.69, 9.17) is 16.6 Å².